The second-order valence-corrected chi connectivity index (χ2v) is 1.86. The maximum Gasteiger partial charge on any atom is 0.184 e. The van der Waals surface area contributed by atoms with E-state index in [1.165, 1.54) is 0 Å². The summed E-state index contributed by atoms with van der Waals surface area (Å²) < 4.78 is 9.49. The summed E-state index contributed by atoms with van der Waals surface area (Å²) in [5, 5.41) is 8.53. The van der Waals surface area contributed by atoms with Gasteiger partial charge in [0.1, 0.15) is 12.2 Å². The second-order valence-electron chi connectivity index (χ2n) is 1.86. The van der Waals surface area contributed by atoms with Crippen LogP contribution in [0.2, 0.25) is 0 Å². The van der Waals surface area contributed by atoms with Gasteiger partial charge in [0.05, 0.1) is 6.61 Å². The Morgan fingerprint density at radius 2 is 2.14 bits per heavy atom. The minimum absolute atomic E-state index is 0.0139. The summed E-state index contributed by atoms with van der Waals surface area (Å²) in [4.78, 5) is 0. The van der Waals surface area contributed by atoms with Gasteiger partial charge >= 0.3 is 0 Å². The number of hydrogen-bond acceptors (Lipinski definition) is 3. The molecule has 0 aromatic heterocycles. The molecule has 2 aliphatic heterocycles. The first-order chi connectivity index (χ1) is 3.38. The predicted octanol–water partition coefficient (Wildman–Crippen LogP) is -0.898. The molecule has 2 saturated heterocycles. The van der Waals surface area contributed by atoms with E-state index in [0.29, 0.717) is 0 Å². The smallest absolute Gasteiger partial charge is 0.184 e. The van der Waals surface area contributed by atoms with Crippen molar-refractivity contribution in [1.29, 1.82) is 0 Å². The zero-order valence-corrected chi connectivity index (χ0v) is 3.70. The number of hydrogen-bond donors (Lipinski definition) is 1. The fourth-order valence-electron chi connectivity index (χ4n) is 0.632. The van der Waals surface area contributed by atoms with E-state index in [1.807, 2.05) is 0 Å². The zero-order chi connectivity index (χ0) is 4.85. The molecule has 2 heterocycles. The molecule has 0 aromatic carbocycles. The summed E-state index contributed by atoms with van der Waals surface area (Å²) in [5.74, 6) is 0. The average Bonchev–Trinajstić information content (AvgIpc) is 2.23. The first kappa shape index (κ1) is 3.83. The van der Waals surface area contributed by atoms with E-state index < -0.39 is 6.29 Å². The van der Waals surface area contributed by atoms with Gasteiger partial charge in [-0.05, 0) is 0 Å². The largest absolute Gasteiger partial charge is 0.370 e. The van der Waals surface area contributed by atoms with Gasteiger partial charge in [-0.3, -0.25) is 0 Å². The van der Waals surface area contributed by atoms with Crippen LogP contribution in [0.1, 0.15) is 0 Å². The van der Waals surface area contributed by atoms with Crippen molar-refractivity contribution in [2.75, 3.05) is 6.61 Å². The van der Waals surface area contributed by atoms with Gasteiger partial charge in [-0.1, -0.05) is 0 Å². The van der Waals surface area contributed by atoms with Crippen LogP contribution in [0.25, 0.3) is 0 Å². The molecule has 3 atom stereocenters. The van der Waals surface area contributed by atoms with Crippen LogP contribution in [0, 0.1) is 0 Å². The molecule has 0 aromatic rings. The molecule has 0 amide bonds. The number of ether oxygens (including phenoxy) is 2. The first-order valence-corrected chi connectivity index (χ1v) is 2.33. The van der Waals surface area contributed by atoms with E-state index in [4.69, 9.17) is 9.84 Å². The van der Waals surface area contributed by atoms with Gasteiger partial charge in [-0.2, -0.15) is 0 Å². The molecule has 1 N–H and O–H groups in total. The predicted molar refractivity (Wildman–Crippen MR) is 20.6 cm³/mol. The Morgan fingerprint density at radius 1 is 1.57 bits per heavy atom. The van der Waals surface area contributed by atoms with Crippen molar-refractivity contribution >= 4 is 0 Å². The fourth-order valence-corrected chi connectivity index (χ4v) is 0.632. The highest BCUT2D eigenvalue weighted by Gasteiger charge is 2.50. The molecular formula is C4H6O3. The summed E-state index contributed by atoms with van der Waals surface area (Å²) >= 11 is 0. The lowest BCUT2D eigenvalue weighted by atomic mass is 10.3. The molecule has 40 valence electrons. The average molecular weight is 102 g/mol. The molecule has 2 fully saturated rings. The van der Waals surface area contributed by atoms with Crippen molar-refractivity contribution < 1.29 is 14.6 Å². The minimum Gasteiger partial charge on any atom is -0.370 e. The Bertz CT molecular complexity index is 88.9. The van der Waals surface area contributed by atoms with Crippen molar-refractivity contribution in [3.05, 3.63) is 0 Å². The van der Waals surface area contributed by atoms with Gasteiger partial charge in [-0.15, -0.1) is 0 Å². The highest BCUT2D eigenvalue weighted by atomic mass is 16.7. The van der Waals surface area contributed by atoms with E-state index in [0.717, 1.165) is 6.61 Å². The normalized spacial score (nSPS) is 57.0. The summed E-state index contributed by atoms with van der Waals surface area (Å²) in [6, 6.07) is 0. The number of epoxide rings is 2. The van der Waals surface area contributed by atoms with E-state index in [1.54, 1.807) is 0 Å². The van der Waals surface area contributed by atoms with E-state index in [-0.39, 0.29) is 12.2 Å². The van der Waals surface area contributed by atoms with Crippen molar-refractivity contribution in [2.45, 2.75) is 18.5 Å². The molecule has 3 nitrogen and oxygen atoms in total. The van der Waals surface area contributed by atoms with Crippen LogP contribution >= 0.6 is 0 Å². The molecule has 0 aliphatic carbocycles. The molecule has 2 aliphatic rings. The Kier molecular flexibility index (Phi) is 0.543. The molecule has 0 spiro atoms. The van der Waals surface area contributed by atoms with Crippen LogP contribution < -0.4 is 0 Å². The Hall–Kier alpha value is -0.120. The summed E-state index contributed by atoms with van der Waals surface area (Å²) in [5.41, 5.74) is 0. The Morgan fingerprint density at radius 3 is 2.29 bits per heavy atom. The van der Waals surface area contributed by atoms with Gasteiger partial charge in [0, 0.05) is 0 Å². The van der Waals surface area contributed by atoms with Gasteiger partial charge in [-0.25, -0.2) is 0 Å². The maximum atomic E-state index is 8.53. The van der Waals surface area contributed by atoms with Crippen LogP contribution in [0.4, 0.5) is 0 Å². The highest BCUT2D eigenvalue weighted by Crippen LogP contribution is 2.31. The quantitative estimate of drug-likeness (QED) is 0.436. The molecular weight excluding hydrogens is 96.0 g/mol. The third-order valence-corrected chi connectivity index (χ3v) is 1.23. The lowest BCUT2D eigenvalue weighted by Gasteiger charge is -1.72. The Balaban J connectivity index is 1.88. The third kappa shape index (κ3) is 0.534. The van der Waals surface area contributed by atoms with Gasteiger partial charge < -0.3 is 14.6 Å². The standard InChI is InChI=1S/C4H6O3/c5-4-3(7-4)2-1-6-2/h2-5H,1H2. The van der Waals surface area contributed by atoms with Gasteiger partial charge in [0.25, 0.3) is 0 Å². The lowest BCUT2D eigenvalue weighted by Crippen LogP contribution is -1.99. The summed E-state index contributed by atoms with van der Waals surface area (Å²) in [7, 11) is 0. The molecule has 0 saturated carbocycles. The van der Waals surface area contributed by atoms with E-state index >= 15 is 0 Å². The second kappa shape index (κ2) is 0.992. The number of aliphatic hydroxyl groups is 1. The summed E-state index contributed by atoms with van der Waals surface area (Å²) in [6.07, 6.45) is -0.289. The Labute approximate surface area is 40.8 Å². The fraction of sp³-hybridized carbons (Fsp3) is 1.00. The molecule has 0 radical (unpaired) electrons. The van der Waals surface area contributed by atoms with Crippen LogP contribution in [0.5, 0.6) is 0 Å². The number of aliphatic hydroxyl groups excluding tert-OH is 1. The van der Waals surface area contributed by atoms with Crippen LogP contribution in [-0.4, -0.2) is 30.2 Å². The third-order valence-electron chi connectivity index (χ3n) is 1.23. The van der Waals surface area contributed by atoms with Crippen LogP contribution in [0.15, 0.2) is 0 Å². The molecule has 3 unspecified atom stereocenters. The monoisotopic (exact) mass is 102 g/mol. The zero-order valence-electron chi connectivity index (χ0n) is 3.70. The topological polar surface area (TPSA) is 45.3 Å². The molecule has 7 heavy (non-hydrogen) atoms. The summed E-state index contributed by atoms with van der Waals surface area (Å²) in [6.45, 7) is 0.766. The highest BCUT2D eigenvalue weighted by molar-refractivity contribution is 4.90. The van der Waals surface area contributed by atoms with Crippen LogP contribution in [-0.2, 0) is 9.47 Å². The van der Waals surface area contributed by atoms with Gasteiger partial charge in [0.15, 0.2) is 6.29 Å². The van der Waals surface area contributed by atoms with Crippen LogP contribution in [0.3, 0.4) is 0 Å². The lowest BCUT2D eigenvalue weighted by molar-refractivity contribution is 0.155. The molecule has 2 rings (SSSR count). The van der Waals surface area contributed by atoms with Crippen molar-refractivity contribution in [3.63, 3.8) is 0 Å². The van der Waals surface area contributed by atoms with Gasteiger partial charge in [0.2, 0.25) is 0 Å². The minimum atomic E-state index is -0.521. The van der Waals surface area contributed by atoms with Crippen molar-refractivity contribution in [2.24, 2.45) is 0 Å². The number of rotatable bonds is 1. The van der Waals surface area contributed by atoms with E-state index in [2.05, 4.69) is 4.74 Å². The van der Waals surface area contributed by atoms with Crippen molar-refractivity contribution in [1.82, 2.24) is 0 Å². The first-order valence-electron chi connectivity index (χ1n) is 2.33. The molecule has 3 heteroatoms. The SMILES string of the molecule is OC1OC1C1CO1. The maximum absolute atomic E-state index is 8.53. The molecule has 0 bridgehead atoms. The van der Waals surface area contributed by atoms with Crippen molar-refractivity contribution in [3.8, 4) is 0 Å². The van der Waals surface area contributed by atoms with E-state index in [9.17, 15) is 0 Å².